The van der Waals surface area contributed by atoms with Gasteiger partial charge in [-0.3, -0.25) is 9.59 Å². The molecule has 0 heterocycles. The van der Waals surface area contributed by atoms with Gasteiger partial charge < -0.3 is 19.5 Å². The van der Waals surface area contributed by atoms with Gasteiger partial charge in [0.15, 0.2) is 11.5 Å². The van der Waals surface area contributed by atoms with Crippen molar-refractivity contribution < 1.29 is 24.2 Å². The van der Waals surface area contributed by atoms with E-state index in [1.807, 2.05) is 30.3 Å². The number of carboxylic acid groups (broad SMARTS) is 1. The van der Waals surface area contributed by atoms with Crippen LogP contribution in [0.1, 0.15) is 15.9 Å². The number of carbonyl (C=O) groups is 2. The molecular weight excluding hydrogens is 322 g/mol. The maximum atomic E-state index is 12.9. The van der Waals surface area contributed by atoms with Gasteiger partial charge in [0.05, 0.1) is 19.8 Å². The highest BCUT2D eigenvalue weighted by Gasteiger charge is 2.23. The molecule has 0 bridgehead atoms. The summed E-state index contributed by atoms with van der Waals surface area (Å²) in [4.78, 5) is 25.4. The predicted octanol–water partition coefficient (Wildman–Crippen LogP) is 2.47. The van der Waals surface area contributed by atoms with Crippen molar-refractivity contribution >= 4 is 11.9 Å². The van der Waals surface area contributed by atoms with Crippen LogP contribution in [0.25, 0.3) is 0 Å². The Morgan fingerprint density at radius 1 is 1.00 bits per heavy atom. The zero-order chi connectivity index (χ0) is 18.2. The molecule has 0 aliphatic carbocycles. The van der Waals surface area contributed by atoms with E-state index in [-0.39, 0.29) is 18.7 Å². The van der Waals surface area contributed by atoms with Crippen LogP contribution in [-0.2, 0) is 11.2 Å². The molecule has 0 fully saturated rings. The van der Waals surface area contributed by atoms with Crippen molar-refractivity contribution in [3.63, 3.8) is 0 Å². The van der Waals surface area contributed by atoms with E-state index in [9.17, 15) is 9.59 Å². The lowest BCUT2D eigenvalue weighted by molar-refractivity contribution is -0.137. The van der Waals surface area contributed by atoms with Crippen molar-refractivity contribution in [3.8, 4) is 11.5 Å². The SMILES string of the molecule is COc1cccc(C(=O)N(CCc2ccccc2)CC(=O)O)c1OC. The number of carbonyl (C=O) groups excluding carboxylic acids is 1. The molecule has 2 aromatic carbocycles. The second-order valence-electron chi connectivity index (χ2n) is 5.40. The van der Waals surface area contributed by atoms with Crippen molar-refractivity contribution in [2.24, 2.45) is 0 Å². The molecule has 0 saturated heterocycles. The number of amides is 1. The van der Waals surface area contributed by atoms with Crippen LogP contribution in [0.4, 0.5) is 0 Å². The summed E-state index contributed by atoms with van der Waals surface area (Å²) < 4.78 is 10.5. The fourth-order valence-electron chi connectivity index (χ4n) is 2.55. The third kappa shape index (κ3) is 4.73. The summed E-state index contributed by atoms with van der Waals surface area (Å²) in [5, 5.41) is 9.15. The Kier molecular flexibility index (Phi) is 6.39. The molecule has 0 aromatic heterocycles. The molecule has 1 N–H and O–H groups in total. The van der Waals surface area contributed by atoms with Crippen LogP contribution >= 0.6 is 0 Å². The highest BCUT2D eigenvalue weighted by Crippen LogP contribution is 2.31. The average Bonchev–Trinajstić information content (AvgIpc) is 2.64. The molecule has 0 aliphatic rings. The molecule has 0 radical (unpaired) electrons. The van der Waals surface area contributed by atoms with E-state index in [0.717, 1.165) is 5.56 Å². The first kappa shape index (κ1) is 18.3. The number of nitrogens with zero attached hydrogens (tertiary/aromatic N) is 1. The fourth-order valence-corrected chi connectivity index (χ4v) is 2.55. The molecule has 0 spiro atoms. The number of carboxylic acids is 1. The van der Waals surface area contributed by atoms with Gasteiger partial charge in [0.1, 0.15) is 6.54 Å². The number of hydrogen-bond acceptors (Lipinski definition) is 4. The molecule has 25 heavy (non-hydrogen) atoms. The van der Waals surface area contributed by atoms with Crippen LogP contribution in [-0.4, -0.2) is 49.2 Å². The summed E-state index contributed by atoms with van der Waals surface area (Å²) >= 11 is 0. The lowest BCUT2D eigenvalue weighted by atomic mass is 10.1. The van der Waals surface area contributed by atoms with E-state index < -0.39 is 11.9 Å². The molecule has 132 valence electrons. The molecular formula is C19H21NO5. The van der Waals surface area contributed by atoms with Crippen LogP contribution in [0.3, 0.4) is 0 Å². The number of aliphatic carboxylic acids is 1. The highest BCUT2D eigenvalue weighted by molar-refractivity contribution is 5.99. The molecule has 0 atom stereocenters. The maximum Gasteiger partial charge on any atom is 0.323 e. The monoisotopic (exact) mass is 343 g/mol. The van der Waals surface area contributed by atoms with E-state index >= 15 is 0 Å². The number of ether oxygens (including phenoxy) is 2. The van der Waals surface area contributed by atoms with E-state index in [2.05, 4.69) is 0 Å². The Labute approximate surface area is 146 Å². The Bertz CT molecular complexity index is 730. The Hall–Kier alpha value is -3.02. The minimum Gasteiger partial charge on any atom is -0.493 e. The van der Waals surface area contributed by atoms with Crippen molar-refractivity contribution in [3.05, 3.63) is 59.7 Å². The minimum atomic E-state index is -1.07. The summed E-state index contributed by atoms with van der Waals surface area (Å²) in [6.07, 6.45) is 0.562. The normalized spacial score (nSPS) is 10.2. The van der Waals surface area contributed by atoms with Gasteiger partial charge in [0, 0.05) is 6.54 Å². The van der Waals surface area contributed by atoms with Gasteiger partial charge in [-0.25, -0.2) is 0 Å². The third-order valence-electron chi connectivity index (χ3n) is 3.76. The van der Waals surface area contributed by atoms with Crippen molar-refractivity contribution in [2.45, 2.75) is 6.42 Å². The average molecular weight is 343 g/mol. The lowest BCUT2D eigenvalue weighted by Gasteiger charge is -2.22. The topological polar surface area (TPSA) is 76.1 Å². The van der Waals surface area contributed by atoms with Crippen molar-refractivity contribution in [1.82, 2.24) is 4.90 Å². The van der Waals surface area contributed by atoms with Crippen LogP contribution in [0.5, 0.6) is 11.5 Å². The molecule has 2 aromatic rings. The number of rotatable bonds is 8. The fraction of sp³-hybridized carbons (Fsp3) is 0.263. The maximum absolute atomic E-state index is 12.9. The van der Waals surface area contributed by atoms with Crippen molar-refractivity contribution in [1.29, 1.82) is 0 Å². The van der Waals surface area contributed by atoms with Crippen LogP contribution in [0.2, 0.25) is 0 Å². The summed E-state index contributed by atoms with van der Waals surface area (Å²) in [6, 6.07) is 14.6. The van der Waals surface area contributed by atoms with E-state index in [1.54, 1.807) is 18.2 Å². The molecule has 0 aliphatic heterocycles. The van der Waals surface area contributed by atoms with Gasteiger partial charge >= 0.3 is 5.97 Å². The first-order chi connectivity index (χ1) is 12.1. The molecule has 1 amide bonds. The van der Waals surface area contributed by atoms with E-state index in [4.69, 9.17) is 14.6 Å². The number of benzene rings is 2. The van der Waals surface area contributed by atoms with Gasteiger partial charge in [-0.05, 0) is 24.1 Å². The van der Waals surface area contributed by atoms with Crippen LogP contribution < -0.4 is 9.47 Å². The zero-order valence-corrected chi connectivity index (χ0v) is 14.3. The van der Waals surface area contributed by atoms with Gasteiger partial charge in [-0.15, -0.1) is 0 Å². The molecule has 2 rings (SSSR count). The third-order valence-corrected chi connectivity index (χ3v) is 3.76. The quantitative estimate of drug-likeness (QED) is 0.797. The number of hydrogen-bond donors (Lipinski definition) is 1. The molecule has 6 nitrogen and oxygen atoms in total. The van der Waals surface area contributed by atoms with Gasteiger partial charge in [0.2, 0.25) is 0 Å². The predicted molar refractivity (Wildman–Crippen MR) is 93.2 cm³/mol. The summed E-state index contributed by atoms with van der Waals surface area (Å²) in [7, 11) is 2.93. The van der Waals surface area contributed by atoms with E-state index in [0.29, 0.717) is 17.9 Å². The summed E-state index contributed by atoms with van der Waals surface area (Å²) in [5.41, 5.74) is 1.31. The van der Waals surface area contributed by atoms with Gasteiger partial charge in [-0.2, -0.15) is 0 Å². The molecule has 6 heteroatoms. The van der Waals surface area contributed by atoms with Gasteiger partial charge in [-0.1, -0.05) is 36.4 Å². The largest absolute Gasteiger partial charge is 0.493 e. The standard InChI is InChI=1S/C19H21NO5/c1-24-16-10-6-9-15(18(16)25-2)19(23)20(13-17(21)22)12-11-14-7-4-3-5-8-14/h3-10H,11-13H2,1-2H3,(H,21,22). The Balaban J connectivity index is 2.25. The first-order valence-electron chi connectivity index (χ1n) is 7.82. The number of para-hydroxylation sites is 1. The smallest absolute Gasteiger partial charge is 0.323 e. The van der Waals surface area contributed by atoms with E-state index in [1.165, 1.54) is 19.1 Å². The lowest BCUT2D eigenvalue weighted by Crippen LogP contribution is -2.37. The second-order valence-corrected chi connectivity index (χ2v) is 5.40. The first-order valence-corrected chi connectivity index (χ1v) is 7.82. The van der Waals surface area contributed by atoms with Crippen LogP contribution in [0.15, 0.2) is 48.5 Å². The van der Waals surface area contributed by atoms with Crippen LogP contribution in [0, 0.1) is 0 Å². The summed E-state index contributed by atoms with van der Waals surface area (Å²) in [6.45, 7) is -0.0957. The molecule has 0 saturated carbocycles. The molecule has 0 unspecified atom stereocenters. The minimum absolute atomic E-state index is 0.274. The second kappa shape index (κ2) is 8.73. The highest BCUT2D eigenvalue weighted by atomic mass is 16.5. The summed E-state index contributed by atoms with van der Waals surface area (Å²) in [5.74, 6) is -0.755. The zero-order valence-electron chi connectivity index (χ0n) is 14.3. The number of methoxy groups -OCH3 is 2. The Morgan fingerprint density at radius 3 is 2.32 bits per heavy atom. The van der Waals surface area contributed by atoms with Gasteiger partial charge in [0.25, 0.3) is 5.91 Å². The van der Waals surface area contributed by atoms with Crippen molar-refractivity contribution in [2.75, 3.05) is 27.3 Å². The Morgan fingerprint density at radius 2 is 1.72 bits per heavy atom.